The molecule has 0 aliphatic heterocycles. The van der Waals surface area contributed by atoms with Gasteiger partial charge >= 0.3 is 6.03 Å². The van der Waals surface area contributed by atoms with Crippen molar-refractivity contribution in [1.29, 1.82) is 0 Å². The third-order valence-electron chi connectivity index (χ3n) is 3.40. The largest absolute Gasteiger partial charge is 0.331 e. The van der Waals surface area contributed by atoms with E-state index in [4.69, 9.17) is 11.6 Å². The molecule has 6 heteroatoms. The molecular weight excluding hydrogens is 302 g/mol. The number of nitrogens with one attached hydrogen (secondary N) is 2. The molecule has 22 heavy (non-hydrogen) atoms. The number of rotatable bonds is 3. The van der Waals surface area contributed by atoms with Crippen LogP contribution in [0.2, 0.25) is 5.02 Å². The summed E-state index contributed by atoms with van der Waals surface area (Å²) in [6.07, 6.45) is 1.60. The van der Waals surface area contributed by atoms with E-state index in [1.807, 2.05) is 19.1 Å². The van der Waals surface area contributed by atoms with Crippen molar-refractivity contribution in [1.82, 2.24) is 9.88 Å². The van der Waals surface area contributed by atoms with Gasteiger partial charge in [0.1, 0.15) is 0 Å². The van der Waals surface area contributed by atoms with E-state index < -0.39 is 0 Å². The van der Waals surface area contributed by atoms with Gasteiger partial charge in [-0.05, 0) is 37.1 Å². The number of aromatic nitrogens is 1. The Morgan fingerprint density at radius 1 is 1.27 bits per heavy atom. The highest BCUT2D eigenvalue weighted by Crippen LogP contribution is 2.16. The van der Waals surface area contributed by atoms with E-state index in [9.17, 15) is 9.59 Å². The first-order valence-electron chi connectivity index (χ1n) is 6.87. The molecule has 0 aliphatic rings. The van der Waals surface area contributed by atoms with Gasteiger partial charge in [0.25, 0.3) is 5.56 Å². The van der Waals surface area contributed by atoms with Gasteiger partial charge in [-0.3, -0.25) is 4.79 Å². The van der Waals surface area contributed by atoms with Crippen molar-refractivity contribution in [3.63, 3.8) is 0 Å². The first kappa shape index (κ1) is 16.1. The molecule has 2 rings (SSSR count). The van der Waals surface area contributed by atoms with Crippen molar-refractivity contribution in [2.45, 2.75) is 19.9 Å². The Labute approximate surface area is 133 Å². The minimum absolute atomic E-state index is 0.113. The molecule has 2 amide bonds. The number of urea groups is 1. The average Bonchev–Trinajstić information content (AvgIpc) is 2.45. The molecule has 0 fully saturated rings. The fraction of sp³-hybridized carbons (Fsp3) is 0.250. The molecule has 116 valence electrons. The number of benzene rings is 1. The van der Waals surface area contributed by atoms with Crippen LogP contribution in [0.4, 0.5) is 10.5 Å². The van der Waals surface area contributed by atoms with Crippen LogP contribution in [0.3, 0.4) is 0 Å². The average molecular weight is 320 g/mol. The predicted octanol–water partition coefficient (Wildman–Crippen LogP) is 3.23. The highest BCUT2D eigenvalue weighted by molar-refractivity contribution is 6.30. The molecule has 5 nitrogen and oxygen atoms in total. The van der Waals surface area contributed by atoms with Gasteiger partial charge in [-0.2, -0.15) is 0 Å². The predicted molar refractivity (Wildman–Crippen MR) is 88.4 cm³/mol. The molecule has 2 aromatic rings. The molecule has 1 aromatic heterocycles. The van der Waals surface area contributed by atoms with Gasteiger partial charge in [0, 0.05) is 24.3 Å². The van der Waals surface area contributed by atoms with Gasteiger partial charge in [0.05, 0.1) is 11.7 Å². The van der Waals surface area contributed by atoms with E-state index in [-0.39, 0.29) is 17.6 Å². The number of amides is 2. The van der Waals surface area contributed by atoms with Crippen LogP contribution in [-0.2, 0) is 7.05 Å². The van der Waals surface area contributed by atoms with E-state index in [0.717, 1.165) is 11.1 Å². The smallest absolute Gasteiger partial charge is 0.319 e. The standard InChI is InChI=1S/C16H18ClN3O2/c1-10-8-15(21)20(3)9-14(10)19-16(22)18-11(2)12-4-6-13(17)7-5-12/h4-9,11H,1-3H3,(H2,18,19,22). The maximum Gasteiger partial charge on any atom is 0.319 e. The van der Waals surface area contributed by atoms with Crippen LogP contribution in [0, 0.1) is 6.92 Å². The second-order valence-corrected chi connectivity index (χ2v) is 5.63. The number of hydrogen-bond acceptors (Lipinski definition) is 2. The van der Waals surface area contributed by atoms with Crippen molar-refractivity contribution >= 4 is 23.3 Å². The Hall–Kier alpha value is -2.27. The fourth-order valence-electron chi connectivity index (χ4n) is 2.04. The fourth-order valence-corrected chi connectivity index (χ4v) is 2.17. The zero-order valence-corrected chi connectivity index (χ0v) is 13.4. The van der Waals surface area contributed by atoms with E-state index in [2.05, 4.69) is 10.6 Å². The maximum absolute atomic E-state index is 12.1. The highest BCUT2D eigenvalue weighted by atomic mass is 35.5. The molecule has 0 spiro atoms. The van der Waals surface area contributed by atoms with E-state index in [1.54, 1.807) is 32.3 Å². The number of pyridine rings is 1. The van der Waals surface area contributed by atoms with Crippen LogP contribution in [0.15, 0.2) is 41.3 Å². The second-order valence-electron chi connectivity index (χ2n) is 5.19. The SMILES string of the molecule is Cc1cc(=O)n(C)cc1NC(=O)NC(C)c1ccc(Cl)cc1. The molecule has 0 bridgehead atoms. The Bertz CT molecular complexity index is 738. The number of carbonyl (C=O) groups excluding carboxylic acids is 1. The van der Waals surface area contributed by atoms with Crippen LogP contribution < -0.4 is 16.2 Å². The Balaban J connectivity index is 2.05. The quantitative estimate of drug-likeness (QED) is 0.912. The van der Waals surface area contributed by atoms with Crippen LogP contribution >= 0.6 is 11.6 Å². The summed E-state index contributed by atoms with van der Waals surface area (Å²) in [6.45, 7) is 3.66. The lowest BCUT2D eigenvalue weighted by Gasteiger charge is -2.16. The molecule has 1 atom stereocenters. The summed E-state index contributed by atoms with van der Waals surface area (Å²) in [5.74, 6) is 0. The number of anilines is 1. The van der Waals surface area contributed by atoms with Crippen molar-refractivity contribution in [2.75, 3.05) is 5.32 Å². The molecule has 1 aromatic carbocycles. The summed E-state index contributed by atoms with van der Waals surface area (Å²) in [7, 11) is 1.64. The van der Waals surface area contributed by atoms with Gasteiger partial charge in [-0.25, -0.2) is 4.79 Å². The topological polar surface area (TPSA) is 63.1 Å². The van der Waals surface area contributed by atoms with Crippen LogP contribution in [0.5, 0.6) is 0 Å². The lowest BCUT2D eigenvalue weighted by molar-refractivity contribution is 0.249. The lowest BCUT2D eigenvalue weighted by Crippen LogP contribution is -2.32. The van der Waals surface area contributed by atoms with E-state index in [0.29, 0.717) is 10.7 Å². The summed E-state index contributed by atoms with van der Waals surface area (Å²) >= 11 is 5.85. The molecule has 0 aliphatic carbocycles. The Morgan fingerprint density at radius 3 is 2.55 bits per heavy atom. The van der Waals surface area contributed by atoms with Gasteiger partial charge in [0.2, 0.25) is 0 Å². The van der Waals surface area contributed by atoms with Gasteiger partial charge in [0.15, 0.2) is 0 Å². The maximum atomic E-state index is 12.1. The van der Waals surface area contributed by atoms with Crippen LogP contribution in [-0.4, -0.2) is 10.6 Å². The molecule has 2 N–H and O–H groups in total. The van der Waals surface area contributed by atoms with Crippen molar-refractivity contribution in [3.05, 3.63) is 63.0 Å². The van der Waals surface area contributed by atoms with Crippen LogP contribution in [0.25, 0.3) is 0 Å². The lowest BCUT2D eigenvalue weighted by atomic mass is 10.1. The number of aryl methyl sites for hydroxylation is 2. The normalized spacial score (nSPS) is 11.8. The van der Waals surface area contributed by atoms with Gasteiger partial charge < -0.3 is 15.2 Å². The molecule has 0 radical (unpaired) electrons. The number of carbonyl (C=O) groups is 1. The van der Waals surface area contributed by atoms with E-state index >= 15 is 0 Å². The third kappa shape index (κ3) is 3.89. The summed E-state index contributed by atoms with van der Waals surface area (Å²) in [6, 6.07) is 8.29. The first-order valence-corrected chi connectivity index (χ1v) is 7.25. The summed E-state index contributed by atoms with van der Waals surface area (Å²) in [4.78, 5) is 23.6. The summed E-state index contributed by atoms with van der Waals surface area (Å²) in [5.41, 5.74) is 2.16. The van der Waals surface area contributed by atoms with Crippen LogP contribution in [0.1, 0.15) is 24.1 Å². The second kappa shape index (κ2) is 6.66. The molecule has 0 saturated carbocycles. The summed E-state index contributed by atoms with van der Waals surface area (Å²) < 4.78 is 1.42. The molecule has 0 saturated heterocycles. The Kier molecular flexibility index (Phi) is 4.88. The highest BCUT2D eigenvalue weighted by Gasteiger charge is 2.11. The number of hydrogen-bond donors (Lipinski definition) is 2. The Morgan fingerprint density at radius 2 is 1.91 bits per heavy atom. The van der Waals surface area contributed by atoms with Gasteiger partial charge in [-0.15, -0.1) is 0 Å². The molecule has 1 heterocycles. The van der Waals surface area contributed by atoms with Crippen molar-refractivity contribution < 1.29 is 4.79 Å². The van der Waals surface area contributed by atoms with E-state index in [1.165, 1.54) is 10.6 Å². The zero-order valence-electron chi connectivity index (χ0n) is 12.7. The number of nitrogens with zero attached hydrogens (tertiary/aromatic N) is 1. The minimum Gasteiger partial charge on any atom is -0.331 e. The third-order valence-corrected chi connectivity index (χ3v) is 3.65. The van der Waals surface area contributed by atoms with Crippen molar-refractivity contribution in [2.24, 2.45) is 7.05 Å². The van der Waals surface area contributed by atoms with Gasteiger partial charge in [-0.1, -0.05) is 23.7 Å². The first-order chi connectivity index (χ1) is 10.4. The monoisotopic (exact) mass is 319 g/mol. The molecular formula is C16H18ClN3O2. The zero-order chi connectivity index (χ0) is 16.3. The minimum atomic E-state index is -0.329. The molecule has 1 unspecified atom stereocenters. The van der Waals surface area contributed by atoms with Crippen molar-refractivity contribution in [3.8, 4) is 0 Å². The number of halogens is 1. The summed E-state index contributed by atoms with van der Waals surface area (Å²) in [5, 5.41) is 6.25.